The summed E-state index contributed by atoms with van der Waals surface area (Å²) in [5.74, 6) is 2.98. The summed E-state index contributed by atoms with van der Waals surface area (Å²) in [4.78, 5) is 2.44. The zero-order chi connectivity index (χ0) is 18.5. The number of rotatable bonds is 7. The summed E-state index contributed by atoms with van der Waals surface area (Å²) in [5.41, 5.74) is 8.53. The number of nitrogens with zero attached hydrogens (tertiary/aromatic N) is 1. The third kappa shape index (κ3) is 4.49. The Balaban J connectivity index is 0.00000261. The number of hydrogen-bond acceptors (Lipinski definition) is 5. The predicted octanol–water partition coefficient (Wildman–Crippen LogP) is 3.31. The molecule has 0 aliphatic carbocycles. The maximum Gasteiger partial charge on any atom is 0.203 e. The molecule has 0 radical (unpaired) electrons. The fourth-order valence-corrected chi connectivity index (χ4v) is 3.93. The van der Waals surface area contributed by atoms with Gasteiger partial charge in [-0.25, -0.2) is 0 Å². The molecule has 1 saturated heterocycles. The second-order valence-electron chi connectivity index (χ2n) is 6.70. The minimum atomic E-state index is 0. The maximum atomic E-state index is 6.07. The van der Waals surface area contributed by atoms with Gasteiger partial charge in [-0.05, 0) is 24.1 Å². The van der Waals surface area contributed by atoms with Gasteiger partial charge in [0.05, 0.1) is 21.3 Å². The molecule has 1 aliphatic heterocycles. The molecule has 0 spiro atoms. The van der Waals surface area contributed by atoms with E-state index in [9.17, 15) is 0 Å². The minimum absolute atomic E-state index is 0. The Morgan fingerprint density at radius 3 is 2.22 bits per heavy atom. The molecule has 1 heterocycles. The smallest absolute Gasteiger partial charge is 0.203 e. The Morgan fingerprint density at radius 1 is 0.926 bits per heavy atom. The molecule has 148 valence electrons. The van der Waals surface area contributed by atoms with Crippen molar-refractivity contribution in [2.75, 3.05) is 41.0 Å². The van der Waals surface area contributed by atoms with Gasteiger partial charge in [0.1, 0.15) is 0 Å². The Bertz CT molecular complexity index is 727. The van der Waals surface area contributed by atoms with E-state index in [1.165, 1.54) is 5.56 Å². The molecule has 1 fully saturated rings. The zero-order valence-corrected chi connectivity index (χ0v) is 17.0. The van der Waals surface area contributed by atoms with E-state index < -0.39 is 0 Å². The average molecular weight is 393 g/mol. The second-order valence-corrected chi connectivity index (χ2v) is 6.70. The molecule has 6 heteroatoms. The molecule has 0 saturated carbocycles. The van der Waals surface area contributed by atoms with Crippen LogP contribution in [0.15, 0.2) is 42.5 Å². The van der Waals surface area contributed by atoms with Crippen LogP contribution < -0.4 is 19.9 Å². The van der Waals surface area contributed by atoms with Crippen molar-refractivity contribution in [1.29, 1.82) is 0 Å². The van der Waals surface area contributed by atoms with E-state index in [4.69, 9.17) is 19.9 Å². The van der Waals surface area contributed by atoms with Crippen LogP contribution in [0.1, 0.15) is 17.0 Å². The molecular weight excluding hydrogens is 364 g/mol. The van der Waals surface area contributed by atoms with Gasteiger partial charge in [0.15, 0.2) is 11.5 Å². The predicted molar refractivity (Wildman–Crippen MR) is 110 cm³/mol. The second kappa shape index (κ2) is 9.83. The molecule has 2 aromatic rings. The van der Waals surface area contributed by atoms with Crippen LogP contribution >= 0.6 is 12.4 Å². The summed E-state index contributed by atoms with van der Waals surface area (Å²) >= 11 is 0. The topological polar surface area (TPSA) is 57.0 Å². The lowest BCUT2D eigenvalue weighted by atomic mass is 9.89. The lowest BCUT2D eigenvalue weighted by Gasteiger charge is -2.20. The molecule has 0 unspecified atom stereocenters. The first-order valence-electron chi connectivity index (χ1n) is 8.97. The van der Waals surface area contributed by atoms with Crippen molar-refractivity contribution in [3.63, 3.8) is 0 Å². The van der Waals surface area contributed by atoms with Crippen molar-refractivity contribution in [2.45, 2.75) is 12.5 Å². The van der Waals surface area contributed by atoms with E-state index in [1.54, 1.807) is 21.3 Å². The molecule has 2 aromatic carbocycles. The van der Waals surface area contributed by atoms with Gasteiger partial charge in [-0.3, -0.25) is 4.90 Å². The van der Waals surface area contributed by atoms with Gasteiger partial charge in [0, 0.05) is 31.1 Å². The van der Waals surface area contributed by atoms with Gasteiger partial charge in [0.25, 0.3) is 0 Å². The number of likely N-dealkylation sites (tertiary alicyclic amines) is 1. The average Bonchev–Trinajstić information content (AvgIpc) is 3.11. The molecule has 5 nitrogen and oxygen atoms in total. The Kier molecular flexibility index (Phi) is 7.78. The number of hydrogen-bond donors (Lipinski definition) is 1. The first kappa shape index (κ1) is 21.4. The summed E-state index contributed by atoms with van der Waals surface area (Å²) in [6.45, 7) is 3.46. The Labute approximate surface area is 167 Å². The van der Waals surface area contributed by atoms with Crippen molar-refractivity contribution in [2.24, 2.45) is 11.7 Å². The van der Waals surface area contributed by atoms with E-state index in [-0.39, 0.29) is 12.4 Å². The van der Waals surface area contributed by atoms with Crippen LogP contribution in [0.3, 0.4) is 0 Å². The Hall–Kier alpha value is -1.95. The van der Waals surface area contributed by atoms with E-state index in [0.29, 0.717) is 29.9 Å². The van der Waals surface area contributed by atoms with E-state index >= 15 is 0 Å². The first-order valence-corrected chi connectivity index (χ1v) is 8.97. The summed E-state index contributed by atoms with van der Waals surface area (Å²) in [6.07, 6.45) is 0. The highest BCUT2D eigenvalue weighted by atomic mass is 35.5. The summed E-state index contributed by atoms with van der Waals surface area (Å²) in [7, 11) is 4.93. The summed E-state index contributed by atoms with van der Waals surface area (Å²) < 4.78 is 16.5. The van der Waals surface area contributed by atoms with Crippen LogP contribution in [0, 0.1) is 5.92 Å². The number of ether oxygens (including phenoxy) is 3. The molecular formula is C21H29ClN2O3. The van der Waals surface area contributed by atoms with Gasteiger partial charge >= 0.3 is 0 Å². The molecule has 0 aromatic heterocycles. The molecule has 2 atom stereocenters. The third-order valence-electron chi connectivity index (χ3n) is 5.23. The number of nitrogens with two attached hydrogens (primary N) is 1. The standard InChI is InChI=1S/C21H28N2O3.ClH/c1-24-19-10-9-16(20(25-2)21(19)26-3)12-23-13-17(11-22)18(14-23)15-7-5-4-6-8-15;/h4-10,17-18H,11-14,22H2,1-3H3;1H/t17-,18+;/m1./s1. The van der Waals surface area contributed by atoms with Gasteiger partial charge < -0.3 is 19.9 Å². The van der Waals surface area contributed by atoms with Crippen molar-refractivity contribution < 1.29 is 14.2 Å². The van der Waals surface area contributed by atoms with Crippen LogP contribution in [-0.2, 0) is 6.54 Å². The number of methoxy groups -OCH3 is 3. The fourth-order valence-electron chi connectivity index (χ4n) is 3.93. The normalized spacial score (nSPS) is 19.4. The lowest BCUT2D eigenvalue weighted by molar-refractivity contribution is 0.295. The molecule has 1 aliphatic rings. The quantitative estimate of drug-likeness (QED) is 0.783. The minimum Gasteiger partial charge on any atom is -0.493 e. The zero-order valence-electron chi connectivity index (χ0n) is 16.2. The van der Waals surface area contributed by atoms with Gasteiger partial charge in [-0.2, -0.15) is 0 Å². The van der Waals surface area contributed by atoms with E-state index in [2.05, 4.69) is 35.2 Å². The van der Waals surface area contributed by atoms with E-state index in [1.807, 2.05) is 12.1 Å². The number of halogens is 1. The third-order valence-corrected chi connectivity index (χ3v) is 5.23. The van der Waals surface area contributed by atoms with Crippen LogP contribution in [0.5, 0.6) is 17.2 Å². The van der Waals surface area contributed by atoms with Gasteiger partial charge in [-0.1, -0.05) is 36.4 Å². The highest BCUT2D eigenvalue weighted by molar-refractivity contribution is 5.85. The largest absolute Gasteiger partial charge is 0.493 e. The fraction of sp³-hybridized carbons (Fsp3) is 0.429. The molecule has 27 heavy (non-hydrogen) atoms. The molecule has 3 rings (SSSR count). The van der Waals surface area contributed by atoms with Crippen LogP contribution in [0.2, 0.25) is 0 Å². The molecule has 0 amide bonds. The highest BCUT2D eigenvalue weighted by Crippen LogP contribution is 2.41. The Morgan fingerprint density at radius 2 is 1.63 bits per heavy atom. The monoisotopic (exact) mass is 392 g/mol. The maximum absolute atomic E-state index is 6.07. The molecule has 2 N–H and O–H groups in total. The van der Waals surface area contributed by atoms with Crippen LogP contribution in [-0.4, -0.2) is 45.9 Å². The van der Waals surface area contributed by atoms with Crippen LogP contribution in [0.25, 0.3) is 0 Å². The SMILES string of the molecule is COc1ccc(CN2C[C@@H](CN)[C@H](c3ccccc3)C2)c(OC)c1OC.Cl. The van der Waals surface area contributed by atoms with Crippen LogP contribution in [0.4, 0.5) is 0 Å². The van der Waals surface area contributed by atoms with Crippen molar-refractivity contribution in [3.8, 4) is 17.2 Å². The summed E-state index contributed by atoms with van der Waals surface area (Å²) in [6, 6.07) is 14.6. The van der Waals surface area contributed by atoms with Crippen molar-refractivity contribution >= 4 is 12.4 Å². The van der Waals surface area contributed by atoms with E-state index in [0.717, 1.165) is 30.9 Å². The molecule has 0 bridgehead atoms. The van der Waals surface area contributed by atoms with Gasteiger partial charge in [0.2, 0.25) is 5.75 Å². The van der Waals surface area contributed by atoms with Gasteiger partial charge in [-0.15, -0.1) is 12.4 Å². The first-order chi connectivity index (χ1) is 12.7. The van der Waals surface area contributed by atoms with Crippen molar-refractivity contribution in [1.82, 2.24) is 4.90 Å². The highest BCUT2D eigenvalue weighted by Gasteiger charge is 2.33. The lowest BCUT2D eigenvalue weighted by Crippen LogP contribution is -2.23. The number of benzene rings is 2. The summed E-state index contributed by atoms with van der Waals surface area (Å²) in [5, 5.41) is 0. The van der Waals surface area contributed by atoms with Crippen molar-refractivity contribution in [3.05, 3.63) is 53.6 Å².